The molecule has 2 rings (SSSR count). The van der Waals surface area contributed by atoms with Gasteiger partial charge in [-0.05, 0) is 24.6 Å². The second-order valence-corrected chi connectivity index (χ2v) is 5.08. The summed E-state index contributed by atoms with van der Waals surface area (Å²) in [6, 6.07) is 3.75. The van der Waals surface area contributed by atoms with Crippen LogP contribution in [0.2, 0.25) is 0 Å². The lowest BCUT2D eigenvalue weighted by Crippen LogP contribution is -2.49. The van der Waals surface area contributed by atoms with Crippen molar-refractivity contribution in [2.75, 3.05) is 13.7 Å². The first kappa shape index (κ1) is 12.4. The number of hydrogen-bond donors (Lipinski definition) is 1. The smallest absolute Gasteiger partial charge is 0.330 e. The van der Waals surface area contributed by atoms with Gasteiger partial charge in [0.05, 0.1) is 13.7 Å². The van der Waals surface area contributed by atoms with E-state index in [0.717, 1.165) is 10.0 Å². The molecular formula is C12H14BrNO3. The zero-order valence-corrected chi connectivity index (χ0v) is 11.3. The molecule has 0 aromatic heterocycles. The molecule has 0 saturated heterocycles. The fraction of sp³-hybridized carbons (Fsp3) is 0.417. The molecular weight excluding hydrogens is 286 g/mol. The van der Waals surface area contributed by atoms with E-state index in [0.29, 0.717) is 24.3 Å². The van der Waals surface area contributed by atoms with Crippen molar-refractivity contribution in [1.82, 2.24) is 0 Å². The van der Waals surface area contributed by atoms with Gasteiger partial charge in [0, 0.05) is 16.5 Å². The minimum atomic E-state index is -1.11. The van der Waals surface area contributed by atoms with E-state index in [1.54, 1.807) is 0 Å². The SMILES string of the molecule is COC(=O)C1(N)CCOc2c(C)cc(Br)cc21. The average Bonchev–Trinajstić information content (AvgIpc) is 2.29. The van der Waals surface area contributed by atoms with E-state index in [-0.39, 0.29) is 0 Å². The van der Waals surface area contributed by atoms with Crippen LogP contribution in [0.5, 0.6) is 5.75 Å². The minimum Gasteiger partial charge on any atom is -0.493 e. The van der Waals surface area contributed by atoms with Crippen LogP contribution in [-0.4, -0.2) is 19.7 Å². The summed E-state index contributed by atoms with van der Waals surface area (Å²) in [5.74, 6) is 0.256. The van der Waals surface area contributed by atoms with E-state index in [1.165, 1.54) is 7.11 Å². The predicted octanol–water partition coefficient (Wildman–Crippen LogP) is 1.87. The Labute approximate surface area is 108 Å². The van der Waals surface area contributed by atoms with Crippen LogP contribution in [0.1, 0.15) is 17.5 Å². The van der Waals surface area contributed by atoms with Gasteiger partial charge in [-0.25, -0.2) is 4.79 Å². The molecule has 92 valence electrons. The Balaban J connectivity index is 2.61. The van der Waals surface area contributed by atoms with Crippen molar-refractivity contribution in [2.24, 2.45) is 5.73 Å². The molecule has 0 bridgehead atoms. The monoisotopic (exact) mass is 299 g/mol. The van der Waals surface area contributed by atoms with Crippen LogP contribution in [-0.2, 0) is 15.1 Å². The zero-order chi connectivity index (χ0) is 12.6. The molecule has 17 heavy (non-hydrogen) atoms. The third-order valence-corrected chi connectivity index (χ3v) is 3.47. The summed E-state index contributed by atoms with van der Waals surface area (Å²) in [7, 11) is 1.34. The summed E-state index contributed by atoms with van der Waals surface area (Å²) >= 11 is 3.40. The normalized spacial score (nSPS) is 22.6. The molecule has 1 aromatic rings. The lowest BCUT2D eigenvalue weighted by atomic mass is 9.84. The van der Waals surface area contributed by atoms with E-state index in [1.807, 2.05) is 19.1 Å². The highest BCUT2D eigenvalue weighted by molar-refractivity contribution is 9.10. The first-order valence-electron chi connectivity index (χ1n) is 5.30. The molecule has 0 aliphatic carbocycles. The molecule has 5 heteroatoms. The van der Waals surface area contributed by atoms with Crippen LogP contribution >= 0.6 is 15.9 Å². The lowest BCUT2D eigenvalue weighted by molar-refractivity contribution is -0.148. The van der Waals surface area contributed by atoms with Crippen molar-refractivity contribution in [3.63, 3.8) is 0 Å². The van der Waals surface area contributed by atoms with Gasteiger partial charge in [0.2, 0.25) is 0 Å². The summed E-state index contributed by atoms with van der Waals surface area (Å²) in [6.07, 6.45) is 0.419. The molecule has 0 amide bonds. The third kappa shape index (κ3) is 1.93. The maximum atomic E-state index is 11.9. The number of carbonyl (C=O) groups excluding carboxylic acids is 1. The number of fused-ring (bicyclic) bond motifs is 1. The van der Waals surface area contributed by atoms with Crippen molar-refractivity contribution in [3.8, 4) is 5.75 Å². The van der Waals surface area contributed by atoms with Crippen LogP contribution in [0.3, 0.4) is 0 Å². The predicted molar refractivity (Wildman–Crippen MR) is 66.9 cm³/mol. The molecule has 1 heterocycles. The summed E-state index contributed by atoms with van der Waals surface area (Å²) in [5, 5.41) is 0. The molecule has 1 aliphatic heterocycles. The van der Waals surface area contributed by atoms with Crippen LogP contribution < -0.4 is 10.5 Å². The second-order valence-electron chi connectivity index (χ2n) is 4.16. The fourth-order valence-corrected chi connectivity index (χ4v) is 2.67. The van der Waals surface area contributed by atoms with Gasteiger partial charge in [-0.3, -0.25) is 0 Å². The number of carbonyl (C=O) groups is 1. The first-order chi connectivity index (χ1) is 7.99. The first-order valence-corrected chi connectivity index (χ1v) is 6.09. The number of methoxy groups -OCH3 is 1. The van der Waals surface area contributed by atoms with Crippen LogP contribution in [0, 0.1) is 6.92 Å². The Morgan fingerprint density at radius 2 is 2.29 bits per heavy atom. The fourth-order valence-electron chi connectivity index (χ4n) is 2.10. The van der Waals surface area contributed by atoms with E-state index in [4.69, 9.17) is 15.2 Å². The molecule has 0 spiro atoms. The topological polar surface area (TPSA) is 61.5 Å². The number of benzene rings is 1. The summed E-state index contributed by atoms with van der Waals surface area (Å²) in [6.45, 7) is 2.34. The van der Waals surface area contributed by atoms with E-state index in [9.17, 15) is 4.79 Å². The highest BCUT2D eigenvalue weighted by Crippen LogP contribution is 2.40. The van der Waals surface area contributed by atoms with Gasteiger partial charge in [-0.2, -0.15) is 0 Å². The molecule has 2 N–H and O–H groups in total. The molecule has 1 unspecified atom stereocenters. The number of hydrogen-bond acceptors (Lipinski definition) is 4. The number of nitrogens with two attached hydrogens (primary N) is 1. The molecule has 1 atom stereocenters. The van der Waals surface area contributed by atoms with E-state index < -0.39 is 11.5 Å². The number of halogens is 1. The van der Waals surface area contributed by atoms with Crippen molar-refractivity contribution in [2.45, 2.75) is 18.9 Å². The molecule has 0 saturated carbocycles. The summed E-state index contributed by atoms with van der Waals surface area (Å²) < 4.78 is 11.3. The summed E-state index contributed by atoms with van der Waals surface area (Å²) in [4.78, 5) is 11.9. The largest absolute Gasteiger partial charge is 0.493 e. The van der Waals surface area contributed by atoms with Crippen LogP contribution in [0.4, 0.5) is 0 Å². The zero-order valence-electron chi connectivity index (χ0n) is 9.75. The number of aryl methyl sites for hydroxylation is 1. The molecule has 4 nitrogen and oxygen atoms in total. The summed E-state index contributed by atoms with van der Waals surface area (Å²) in [5.41, 5.74) is 6.71. The van der Waals surface area contributed by atoms with E-state index in [2.05, 4.69) is 15.9 Å². The standard InChI is InChI=1S/C12H14BrNO3/c1-7-5-8(13)6-9-10(7)17-4-3-12(9,14)11(15)16-2/h5-6H,3-4,14H2,1-2H3. The number of ether oxygens (including phenoxy) is 2. The highest BCUT2D eigenvalue weighted by atomic mass is 79.9. The molecule has 1 aliphatic rings. The lowest BCUT2D eigenvalue weighted by Gasteiger charge is -2.33. The third-order valence-electron chi connectivity index (χ3n) is 3.01. The molecule has 0 radical (unpaired) electrons. The van der Waals surface area contributed by atoms with Crippen molar-refractivity contribution in [3.05, 3.63) is 27.7 Å². The van der Waals surface area contributed by atoms with Gasteiger partial charge in [0.25, 0.3) is 0 Å². The second kappa shape index (κ2) is 4.31. The number of rotatable bonds is 1. The Kier molecular flexibility index (Phi) is 3.14. The van der Waals surface area contributed by atoms with Crippen molar-refractivity contribution < 1.29 is 14.3 Å². The molecule has 0 fully saturated rings. The minimum absolute atomic E-state index is 0.418. The Morgan fingerprint density at radius 3 is 2.94 bits per heavy atom. The Hall–Kier alpha value is -1.07. The van der Waals surface area contributed by atoms with Crippen molar-refractivity contribution in [1.29, 1.82) is 0 Å². The van der Waals surface area contributed by atoms with Gasteiger partial charge < -0.3 is 15.2 Å². The van der Waals surface area contributed by atoms with Gasteiger partial charge in [0.15, 0.2) is 0 Å². The van der Waals surface area contributed by atoms with Gasteiger partial charge in [0.1, 0.15) is 11.3 Å². The quantitative estimate of drug-likeness (QED) is 0.804. The number of esters is 1. The van der Waals surface area contributed by atoms with Gasteiger partial charge in [-0.1, -0.05) is 15.9 Å². The maximum absolute atomic E-state index is 11.9. The van der Waals surface area contributed by atoms with Crippen LogP contribution in [0.25, 0.3) is 0 Å². The van der Waals surface area contributed by atoms with Gasteiger partial charge >= 0.3 is 5.97 Å². The Morgan fingerprint density at radius 1 is 1.59 bits per heavy atom. The van der Waals surface area contributed by atoms with Crippen molar-refractivity contribution >= 4 is 21.9 Å². The molecule has 1 aromatic carbocycles. The van der Waals surface area contributed by atoms with E-state index >= 15 is 0 Å². The Bertz CT molecular complexity index is 475. The highest BCUT2D eigenvalue weighted by Gasteiger charge is 2.42. The maximum Gasteiger partial charge on any atom is 0.330 e. The average molecular weight is 300 g/mol. The van der Waals surface area contributed by atoms with Crippen LogP contribution in [0.15, 0.2) is 16.6 Å². The van der Waals surface area contributed by atoms with Gasteiger partial charge in [-0.15, -0.1) is 0 Å².